The zero-order valence-corrected chi connectivity index (χ0v) is 10.5. The lowest BCUT2D eigenvalue weighted by atomic mass is 10.2. The third kappa shape index (κ3) is 4.07. The van der Waals surface area contributed by atoms with Crippen molar-refractivity contribution in [3.05, 3.63) is 29.8 Å². The number of amides is 1. The summed E-state index contributed by atoms with van der Waals surface area (Å²) in [5, 5.41) is 0. The summed E-state index contributed by atoms with van der Waals surface area (Å²) in [6, 6.07) is 7.74. The SMILES string of the molecule is CCN(Cc1ccc(OC)cc1)C(=O)CCN. The van der Waals surface area contributed by atoms with E-state index in [-0.39, 0.29) is 5.91 Å². The second-order valence-electron chi connectivity index (χ2n) is 3.79. The number of carbonyl (C=O) groups is 1. The van der Waals surface area contributed by atoms with E-state index in [0.717, 1.165) is 11.3 Å². The van der Waals surface area contributed by atoms with Gasteiger partial charge in [0.15, 0.2) is 0 Å². The molecule has 0 aliphatic carbocycles. The molecule has 0 spiro atoms. The first-order chi connectivity index (χ1) is 8.21. The lowest BCUT2D eigenvalue weighted by Gasteiger charge is -2.20. The summed E-state index contributed by atoms with van der Waals surface area (Å²) in [4.78, 5) is 13.5. The Hall–Kier alpha value is -1.55. The first kappa shape index (κ1) is 13.5. The summed E-state index contributed by atoms with van der Waals surface area (Å²) in [6.45, 7) is 3.69. The number of ether oxygens (including phenoxy) is 1. The van der Waals surface area contributed by atoms with E-state index in [1.165, 1.54) is 0 Å². The average Bonchev–Trinajstić information content (AvgIpc) is 2.37. The zero-order valence-electron chi connectivity index (χ0n) is 10.5. The van der Waals surface area contributed by atoms with Crippen molar-refractivity contribution in [2.75, 3.05) is 20.2 Å². The highest BCUT2D eigenvalue weighted by atomic mass is 16.5. The van der Waals surface area contributed by atoms with Crippen LogP contribution < -0.4 is 10.5 Å². The van der Waals surface area contributed by atoms with Crippen LogP contribution in [-0.4, -0.2) is 31.0 Å². The van der Waals surface area contributed by atoms with Crippen LogP contribution >= 0.6 is 0 Å². The molecule has 0 unspecified atom stereocenters. The molecule has 0 radical (unpaired) electrons. The van der Waals surface area contributed by atoms with Crippen LogP contribution in [0.4, 0.5) is 0 Å². The maximum absolute atomic E-state index is 11.7. The minimum absolute atomic E-state index is 0.103. The largest absolute Gasteiger partial charge is 0.497 e. The number of benzene rings is 1. The molecule has 0 atom stereocenters. The molecule has 0 heterocycles. The number of hydrogen-bond donors (Lipinski definition) is 1. The first-order valence-electron chi connectivity index (χ1n) is 5.82. The van der Waals surface area contributed by atoms with E-state index in [9.17, 15) is 4.79 Å². The van der Waals surface area contributed by atoms with Gasteiger partial charge in [-0.1, -0.05) is 12.1 Å². The van der Waals surface area contributed by atoms with Gasteiger partial charge in [0.2, 0.25) is 5.91 Å². The van der Waals surface area contributed by atoms with E-state index < -0.39 is 0 Å². The van der Waals surface area contributed by atoms with Gasteiger partial charge in [-0.2, -0.15) is 0 Å². The topological polar surface area (TPSA) is 55.6 Å². The number of nitrogens with zero attached hydrogens (tertiary/aromatic N) is 1. The Morgan fingerprint density at radius 2 is 2.00 bits per heavy atom. The highest BCUT2D eigenvalue weighted by Crippen LogP contribution is 2.13. The van der Waals surface area contributed by atoms with Crippen LogP contribution in [-0.2, 0) is 11.3 Å². The van der Waals surface area contributed by atoms with E-state index in [0.29, 0.717) is 26.1 Å². The van der Waals surface area contributed by atoms with Gasteiger partial charge in [0.05, 0.1) is 7.11 Å². The summed E-state index contributed by atoms with van der Waals surface area (Å²) < 4.78 is 5.09. The first-order valence-corrected chi connectivity index (χ1v) is 5.82. The van der Waals surface area contributed by atoms with Crippen LogP contribution in [0.15, 0.2) is 24.3 Å². The zero-order chi connectivity index (χ0) is 12.7. The fourth-order valence-electron chi connectivity index (χ4n) is 1.61. The van der Waals surface area contributed by atoms with Gasteiger partial charge in [0, 0.05) is 26.1 Å². The maximum Gasteiger partial charge on any atom is 0.224 e. The molecule has 2 N–H and O–H groups in total. The highest BCUT2D eigenvalue weighted by molar-refractivity contribution is 5.76. The van der Waals surface area contributed by atoms with Crippen LogP contribution in [0.3, 0.4) is 0 Å². The summed E-state index contributed by atoms with van der Waals surface area (Å²) in [5.74, 6) is 0.927. The van der Waals surface area contributed by atoms with E-state index in [1.807, 2.05) is 31.2 Å². The second-order valence-corrected chi connectivity index (χ2v) is 3.79. The Balaban J connectivity index is 2.63. The highest BCUT2D eigenvalue weighted by Gasteiger charge is 2.10. The van der Waals surface area contributed by atoms with Crippen LogP contribution in [0.1, 0.15) is 18.9 Å². The molecule has 0 aromatic heterocycles. The molecular formula is C13H20N2O2. The standard InChI is InChI=1S/C13H20N2O2/c1-3-15(13(16)8-9-14)10-11-4-6-12(17-2)7-5-11/h4-7H,3,8-10,14H2,1-2H3. The number of methoxy groups -OCH3 is 1. The third-order valence-corrected chi connectivity index (χ3v) is 2.63. The molecule has 0 aliphatic heterocycles. The number of rotatable bonds is 6. The van der Waals surface area contributed by atoms with Gasteiger partial charge in [0.1, 0.15) is 5.75 Å². The molecule has 0 fully saturated rings. The van der Waals surface area contributed by atoms with Crippen LogP contribution in [0.5, 0.6) is 5.75 Å². The van der Waals surface area contributed by atoms with Crippen LogP contribution in [0.2, 0.25) is 0 Å². The monoisotopic (exact) mass is 236 g/mol. The summed E-state index contributed by atoms with van der Waals surface area (Å²) in [5.41, 5.74) is 6.48. The molecule has 0 saturated heterocycles. The van der Waals surface area contributed by atoms with Crippen LogP contribution in [0.25, 0.3) is 0 Å². The van der Waals surface area contributed by atoms with E-state index in [1.54, 1.807) is 12.0 Å². The molecule has 0 saturated carbocycles. The molecule has 1 aromatic rings. The predicted molar refractivity (Wildman–Crippen MR) is 67.8 cm³/mol. The average molecular weight is 236 g/mol. The predicted octanol–water partition coefficient (Wildman–Crippen LogP) is 1.39. The van der Waals surface area contributed by atoms with Gasteiger partial charge in [-0.15, -0.1) is 0 Å². The Labute approximate surface area is 102 Å². The number of carbonyl (C=O) groups excluding carboxylic acids is 1. The van der Waals surface area contributed by atoms with Crippen molar-refractivity contribution < 1.29 is 9.53 Å². The molecule has 4 nitrogen and oxygen atoms in total. The lowest BCUT2D eigenvalue weighted by Crippen LogP contribution is -2.31. The second kappa shape index (κ2) is 6.91. The Bertz CT molecular complexity index is 349. The third-order valence-electron chi connectivity index (χ3n) is 2.63. The summed E-state index contributed by atoms with van der Waals surface area (Å²) >= 11 is 0. The minimum Gasteiger partial charge on any atom is -0.497 e. The van der Waals surface area contributed by atoms with E-state index in [2.05, 4.69) is 0 Å². The molecule has 1 amide bonds. The molecule has 94 valence electrons. The van der Waals surface area contributed by atoms with Crippen molar-refractivity contribution in [3.63, 3.8) is 0 Å². The van der Waals surface area contributed by atoms with Gasteiger partial charge in [-0.3, -0.25) is 4.79 Å². The Morgan fingerprint density at radius 1 is 1.35 bits per heavy atom. The van der Waals surface area contributed by atoms with Crippen LogP contribution in [0, 0.1) is 0 Å². The van der Waals surface area contributed by atoms with Gasteiger partial charge in [-0.05, 0) is 24.6 Å². The smallest absolute Gasteiger partial charge is 0.224 e. The molecular weight excluding hydrogens is 216 g/mol. The van der Waals surface area contributed by atoms with Crippen molar-refractivity contribution in [1.82, 2.24) is 4.90 Å². The van der Waals surface area contributed by atoms with Crippen molar-refractivity contribution in [1.29, 1.82) is 0 Å². The fraction of sp³-hybridized carbons (Fsp3) is 0.462. The molecule has 1 rings (SSSR count). The van der Waals surface area contributed by atoms with Gasteiger partial charge in [-0.25, -0.2) is 0 Å². The molecule has 4 heteroatoms. The normalized spacial score (nSPS) is 10.1. The van der Waals surface area contributed by atoms with Crippen molar-refractivity contribution in [3.8, 4) is 5.75 Å². The lowest BCUT2D eigenvalue weighted by molar-refractivity contribution is -0.131. The molecule has 17 heavy (non-hydrogen) atoms. The van der Waals surface area contributed by atoms with Gasteiger partial charge < -0.3 is 15.4 Å². The quantitative estimate of drug-likeness (QED) is 0.812. The minimum atomic E-state index is 0.103. The van der Waals surface area contributed by atoms with Gasteiger partial charge >= 0.3 is 0 Å². The van der Waals surface area contributed by atoms with Crippen molar-refractivity contribution >= 4 is 5.91 Å². The number of nitrogens with two attached hydrogens (primary N) is 1. The van der Waals surface area contributed by atoms with Crippen molar-refractivity contribution in [2.45, 2.75) is 19.9 Å². The Kier molecular flexibility index (Phi) is 5.49. The van der Waals surface area contributed by atoms with E-state index in [4.69, 9.17) is 10.5 Å². The van der Waals surface area contributed by atoms with Gasteiger partial charge in [0.25, 0.3) is 0 Å². The van der Waals surface area contributed by atoms with Crippen molar-refractivity contribution in [2.24, 2.45) is 5.73 Å². The Morgan fingerprint density at radius 3 is 2.47 bits per heavy atom. The number of hydrogen-bond acceptors (Lipinski definition) is 3. The fourth-order valence-corrected chi connectivity index (χ4v) is 1.61. The summed E-state index contributed by atoms with van der Waals surface area (Å²) in [7, 11) is 1.64. The maximum atomic E-state index is 11.7. The van der Waals surface area contributed by atoms with E-state index >= 15 is 0 Å². The molecule has 0 aliphatic rings. The molecule has 1 aromatic carbocycles. The summed E-state index contributed by atoms with van der Waals surface area (Å²) in [6.07, 6.45) is 0.407. The molecule has 0 bridgehead atoms.